The maximum absolute atomic E-state index is 9.01. The van der Waals surface area contributed by atoms with Crippen molar-refractivity contribution >= 4 is 11.4 Å². The van der Waals surface area contributed by atoms with E-state index in [9.17, 15) is 0 Å². The van der Waals surface area contributed by atoms with Crippen molar-refractivity contribution in [2.45, 2.75) is 32.8 Å². The van der Waals surface area contributed by atoms with Crippen molar-refractivity contribution < 1.29 is 5.11 Å². The number of nitrogens with one attached hydrogen (secondary N) is 1. The molecule has 0 saturated heterocycles. The fourth-order valence-electron chi connectivity index (χ4n) is 1.78. The Kier molecular flexibility index (Phi) is 3.86. The van der Waals surface area contributed by atoms with E-state index in [1.807, 2.05) is 36.7 Å². The molecule has 0 bridgehead atoms. The maximum Gasteiger partial charge on any atom is 0.0681 e. The van der Waals surface area contributed by atoms with Crippen LogP contribution in [-0.4, -0.2) is 10.1 Å². The summed E-state index contributed by atoms with van der Waals surface area (Å²) in [5.41, 5.74) is 4.16. The molecule has 2 rings (SSSR count). The van der Waals surface area contributed by atoms with Gasteiger partial charge in [-0.25, -0.2) is 0 Å². The van der Waals surface area contributed by atoms with Crippen LogP contribution in [0, 0.1) is 0 Å². The zero-order chi connectivity index (χ0) is 13.9. The molecule has 0 saturated carbocycles. The Morgan fingerprint density at radius 2 is 1.74 bits per heavy atom. The normalized spacial score (nSPS) is 11.4. The summed E-state index contributed by atoms with van der Waals surface area (Å²) in [6, 6.07) is 9.84. The van der Waals surface area contributed by atoms with Crippen LogP contribution in [0.25, 0.3) is 0 Å². The Balaban J connectivity index is 2.18. The maximum atomic E-state index is 9.01. The van der Waals surface area contributed by atoms with Gasteiger partial charge in [0.1, 0.15) is 0 Å². The quantitative estimate of drug-likeness (QED) is 0.881. The number of anilines is 2. The van der Waals surface area contributed by atoms with E-state index in [0.717, 1.165) is 16.9 Å². The molecule has 1 aromatic heterocycles. The van der Waals surface area contributed by atoms with Gasteiger partial charge >= 0.3 is 0 Å². The number of hydrogen-bond donors (Lipinski definition) is 2. The largest absolute Gasteiger partial charge is 0.392 e. The molecule has 0 unspecified atom stereocenters. The van der Waals surface area contributed by atoms with Crippen molar-refractivity contribution in [2.75, 3.05) is 5.32 Å². The second-order valence-corrected chi connectivity index (χ2v) is 5.69. The van der Waals surface area contributed by atoms with E-state index in [-0.39, 0.29) is 12.0 Å². The molecule has 1 aromatic carbocycles. The van der Waals surface area contributed by atoms with Crippen LogP contribution in [0.1, 0.15) is 31.9 Å². The van der Waals surface area contributed by atoms with Gasteiger partial charge in [0.2, 0.25) is 0 Å². The van der Waals surface area contributed by atoms with E-state index < -0.39 is 0 Å². The fourth-order valence-corrected chi connectivity index (χ4v) is 1.78. The Labute approximate surface area is 114 Å². The van der Waals surface area contributed by atoms with Crippen molar-refractivity contribution in [2.24, 2.45) is 0 Å². The minimum atomic E-state index is 0.0708. The molecular formula is C16H20N2O. The summed E-state index contributed by atoms with van der Waals surface area (Å²) in [6.45, 7) is 6.58. The number of nitrogens with zero attached hydrogens (tertiary/aromatic N) is 1. The molecular weight excluding hydrogens is 236 g/mol. The molecule has 3 nitrogen and oxygen atoms in total. The highest BCUT2D eigenvalue weighted by Crippen LogP contribution is 2.25. The number of aromatic nitrogens is 1. The lowest BCUT2D eigenvalue weighted by atomic mass is 9.88. The van der Waals surface area contributed by atoms with Gasteiger partial charge in [-0.1, -0.05) is 32.9 Å². The predicted octanol–water partition coefficient (Wildman–Crippen LogP) is 3.62. The number of aliphatic hydroxyl groups is 1. The van der Waals surface area contributed by atoms with Crippen molar-refractivity contribution in [3.63, 3.8) is 0 Å². The Morgan fingerprint density at radius 3 is 2.32 bits per heavy atom. The van der Waals surface area contributed by atoms with Crippen LogP contribution >= 0.6 is 0 Å². The first kappa shape index (κ1) is 13.6. The van der Waals surface area contributed by atoms with E-state index in [2.05, 4.69) is 37.1 Å². The van der Waals surface area contributed by atoms with Gasteiger partial charge in [0, 0.05) is 11.9 Å². The van der Waals surface area contributed by atoms with Crippen molar-refractivity contribution in [1.82, 2.24) is 4.98 Å². The molecule has 0 amide bonds. The highest BCUT2D eigenvalue weighted by molar-refractivity contribution is 5.59. The summed E-state index contributed by atoms with van der Waals surface area (Å²) in [6.07, 6.45) is 3.72. The summed E-state index contributed by atoms with van der Waals surface area (Å²) in [5.74, 6) is 0. The summed E-state index contributed by atoms with van der Waals surface area (Å²) < 4.78 is 0. The number of benzene rings is 1. The van der Waals surface area contributed by atoms with E-state index >= 15 is 0 Å². The topological polar surface area (TPSA) is 45.2 Å². The minimum absolute atomic E-state index is 0.0708. The fraction of sp³-hybridized carbons (Fsp3) is 0.312. The third-order valence-electron chi connectivity index (χ3n) is 3.03. The van der Waals surface area contributed by atoms with Crippen LogP contribution in [-0.2, 0) is 12.0 Å². The van der Waals surface area contributed by atoms with Gasteiger partial charge < -0.3 is 10.4 Å². The van der Waals surface area contributed by atoms with Crippen molar-refractivity contribution in [3.8, 4) is 0 Å². The molecule has 19 heavy (non-hydrogen) atoms. The zero-order valence-corrected chi connectivity index (χ0v) is 11.6. The van der Waals surface area contributed by atoms with Gasteiger partial charge in [-0.05, 0) is 34.7 Å². The SMILES string of the molecule is CC(C)(C)c1cncc(Nc2ccc(CO)cc2)c1. The molecule has 2 N–H and O–H groups in total. The summed E-state index contributed by atoms with van der Waals surface area (Å²) in [5, 5.41) is 12.3. The molecule has 0 aliphatic carbocycles. The Morgan fingerprint density at radius 1 is 1.05 bits per heavy atom. The standard InChI is InChI=1S/C16H20N2O/c1-16(2,3)13-8-15(10-17-9-13)18-14-6-4-12(11-19)5-7-14/h4-10,18-19H,11H2,1-3H3. The van der Waals surface area contributed by atoms with Crippen LogP contribution in [0.15, 0.2) is 42.7 Å². The van der Waals surface area contributed by atoms with E-state index in [1.54, 1.807) is 0 Å². The van der Waals surface area contributed by atoms with E-state index in [0.29, 0.717) is 0 Å². The molecule has 0 atom stereocenters. The molecule has 100 valence electrons. The number of pyridine rings is 1. The lowest BCUT2D eigenvalue weighted by molar-refractivity contribution is 0.282. The smallest absolute Gasteiger partial charge is 0.0681 e. The first-order valence-corrected chi connectivity index (χ1v) is 6.41. The van der Waals surface area contributed by atoms with Crippen molar-refractivity contribution in [3.05, 3.63) is 53.9 Å². The Bertz CT molecular complexity index is 541. The summed E-state index contributed by atoms with van der Waals surface area (Å²) >= 11 is 0. The predicted molar refractivity (Wildman–Crippen MR) is 78.6 cm³/mol. The lowest BCUT2D eigenvalue weighted by Gasteiger charge is -2.19. The summed E-state index contributed by atoms with van der Waals surface area (Å²) in [4.78, 5) is 4.28. The number of rotatable bonds is 3. The lowest BCUT2D eigenvalue weighted by Crippen LogP contribution is -2.11. The molecule has 1 heterocycles. The highest BCUT2D eigenvalue weighted by atomic mass is 16.3. The van der Waals surface area contributed by atoms with Gasteiger partial charge in [0.05, 0.1) is 18.5 Å². The molecule has 0 radical (unpaired) electrons. The van der Waals surface area contributed by atoms with Gasteiger partial charge in [0.25, 0.3) is 0 Å². The van der Waals surface area contributed by atoms with Crippen LogP contribution in [0.4, 0.5) is 11.4 Å². The second kappa shape index (κ2) is 5.41. The number of hydrogen-bond acceptors (Lipinski definition) is 3. The van der Waals surface area contributed by atoms with Gasteiger partial charge in [0.15, 0.2) is 0 Å². The van der Waals surface area contributed by atoms with Crippen LogP contribution in [0.2, 0.25) is 0 Å². The molecule has 3 heteroatoms. The monoisotopic (exact) mass is 256 g/mol. The molecule has 0 aliphatic heterocycles. The van der Waals surface area contributed by atoms with Gasteiger partial charge in [-0.3, -0.25) is 4.98 Å². The van der Waals surface area contributed by atoms with Crippen LogP contribution < -0.4 is 5.32 Å². The third-order valence-corrected chi connectivity index (χ3v) is 3.03. The number of aliphatic hydroxyl groups excluding tert-OH is 1. The Hall–Kier alpha value is -1.87. The van der Waals surface area contributed by atoms with Gasteiger partial charge in [-0.15, -0.1) is 0 Å². The second-order valence-electron chi connectivity index (χ2n) is 5.69. The van der Waals surface area contributed by atoms with Crippen LogP contribution in [0.3, 0.4) is 0 Å². The van der Waals surface area contributed by atoms with Crippen molar-refractivity contribution in [1.29, 1.82) is 0 Å². The summed E-state index contributed by atoms with van der Waals surface area (Å²) in [7, 11) is 0. The van der Waals surface area contributed by atoms with Crippen LogP contribution in [0.5, 0.6) is 0 Å². The first-order chi connectivity index (χ1) is 8.99. The molecule has 0 fully saturated rings. The highest BCUT2D eigenvalue weighted by Gasteiger charge is 2.14. The average molecular weight is 256 g/mol. The van der Waals surface area contributed by atoms with E-state index in [1.165, 1.54) is 5.56 Å². The average Bonchev–Trinajstić information content (AvgIpc) is 2.39. The van der Waals surface area contributed by atoms with Gasteiger partial charge in [-0.2, -0.15) is 0 Å². The third kappa shape index (κ3) is 3.55. The molecule has 0 spiro atoms. The first-order valence-electron chi connectivity index (χ1n) is 6.41. The zero-order valence-electron chi connectivity index (χ0n) is 11.6. The molecule has 0 aliphatic rings. The van der Waals surface area contributed by atoms with E-state index in [4.69, 9.17) is 5.11 Å². The molecule has 2 aromatic rings. The minimum Gasteiger partial charge on any atom is -0.392 e.